The number of carbonyl (C=O) groups excluding carboxylic acids is 1. The summed E-state index contributed by atoms with van der Waals surface area (Å²) in [6, 6.07) is 0. The van der Waals surface area contributed by atoms with E-state index < -0.39 is 5.60 Å². The van der Waals surface area contributed by atoms with Crippen LogP contribution in [-0.2, 0) is 4.79 Å². The molecule has 3 nitrogen and oxygen atoms in total. The second kappa shape index (κ2) is 5.32. The van der Waals surface area contributed by atoms with Crippen molar-refractivity contribution in [3.8, 4) is 0 Å². The van der Waals surface area contributed by atoms with Crippen molar-refractivity contribution in [2.24, 2.45) is 16.7 Å². The summed E-state index contributed by atoms with van der Waals surface area (Å²) in [7, 11) is 0. The molecule has 0 saturated heterocycles. The van der Waals surface area contributed by atoms with Crippen LogP contribution in [0.2, 0.25) is 0 Å². The van der Waals surface area contributed by atoms with Crippen LogP contribution in [0.4, 0.5) is 0 Å². The van der Waals surface area contributed by atoms with Crippen LogP contribution in [-0.4, -0.2) is 23.2 Å². The Morgan fingerprint density at radius 2 is 1.70 bits per heavy atom. The molecule has 0 aromatic rings. The van der Waals surface area contributed by atoms with Crippen molar-refractivity contribution in [3.63, 3.8) is 0 Å². The van der Waals surface area contributed by atoms with E-state index in [-0.39, 0.29) is 17.2 Å². The summed E-state index contributed by atoms with van der Waals surface area (Å²) < 4.78 is 0. The molecular formula is C17H31NO2. The van der Waals surface area contributed by atoms with Gasteiger partial charge in [-0.3, -0.25) is 4.79 Å². The van der Waals surface area contributed by atoms with E-state index >= 15 is 0 Å². The molecule has 0 aliphatic heterocycles. The summed E-state index contributed by atoms with van der Waals surface area (Å²) in [6.45, 7) is 9.30. The normalized spacial score (nSPS) is 30.9. The average molecular weight is 281 g/mol. The van der Waals surface area contributed by atoms with E-state index in [4.69, 9.17) is 0 Å². The first-order chi connectivity index (χ1) is 9.14. The van der Waals surface area contributed by atoms with Gasteiger partial charge >= 0.3 is 0 Å². The molecule has 0 radical (unpaired) electrons. The number of nitrogens with one attached hydrogen (secondary N) is 1. The van der Waals surface area contributed by atoms with Crippen molar-refractivity contribution in [2.75, 3.05) is 6.54 Å². The molecule has 1 amide bonds. The van der Waals surface area contributed by atoms with Crippen molar-refractivity contribution in [1.82, 2.24) is 5.32 Å². The van der Waals surface area contributed by atoms with E-state index in [1.54, 1.807) is 0 Å². The Morgan fingerprint density at radius 1 is 1.10 bits per heavy atom. The minimum Gasteiger partial charge on any atom is -0.388 e. The number of amides is 1. The summed E-state index contributed by atoms with van der Waals surface area (Å²) in [6.07, 6.45) is 6.93. The Morgan fingerprint density at radius 3 is 2.20 bits per heavy atom. The Kier molecular flexibility index (Phi) is 4.21. The fourth-order valence-electron chi connectivity index (χ4n) is 3.76. The minimum absolute atomic E-state index is 0.112. The van der Waals surface area contributed by atoms with Gasteiger partial charge in [0.2, 0.25) is 5.91 Å². The third-order valence-corrected chi connectivity index (χ3v) is 5.70. The maximum absolute atomic E-state index is 12.4. The molecule has 20 heavy (non-hydrogen) atoms. The summed E-state index contributed by atoms with van der Waals surface area (Å²) in [5.41, 5.74) is -0.237. The first-order valence-electron chi connectivity index (χ1n) is 8.14. The zero-order valence-corrected chi connectivity index (χ0v) is 13.6. The van der Waals surface area contributed by atoms with Crippen LogP contribution in [0.1, 0.15) is 72.6 Å². The van der Waals surface area contributed by atoms with Gasteiger partial charge in [-0.25, -0.2) is 0 Å². The molecule has 2 aliphatic rings. The van der Waals surface area contributed by atoms with Gasteiger partial charge in [-0.1, -0.05) is 34.1 Å². The zero-order chi connectivity index (χ0) is 15.0. The van der Waals surface area contributed by atoms with Crippen LogP contribution >= 0.6 is 0 Å². The van der Waals surface area contributed by atoms with Crippen molar-refractivity contribution in [2.45, 2.75) is 78.2 Å². The van der Waals surface area contributed by atoms with Gasteiger partial charge in [0, 0.05) is 12.5 Å². The van der Waals surface area contributed by atoms with Gasteiger partial charge in [-0.15, -0.1) is 0 Å². The maximum atomic E-state index is 12.4. The quantitative estimate of drug-likeness (QED) is 0.834. The molecule has 1 atom stereocenters. The monoisotopic (exact) mass is 281 g/mol. The lowest BCUT2D eigenvalue weighted by Gasteiger charge is -2.40. The second-order valence-corrected chi connectivity index (χ2v) is 8.54. The van der Waals surface area contributed by atoms with Gasteiger partial charge in [0.05, 0.1) is 5.60 Å². The highest BCUT2D eigenvalue weighted by molar-refractivity contribution is 5.79. The fourth-order valence-corrected chi connectivity index (χ4v) is 3.76. The van der Waals surface area contributed by atoms with E-state index in [2.05, 4.69) is 33.0 Å². The standard InChI is InChI=1S/C17H31NO2/c1-15(2)8-10-17(20,11-9-15)12-18-14(19)13-6-5-7-16(13,3)4/h13,20H,5-12H2,1-4H3,(H,18,19). The third-order valence-electron chi connectivity index (χ3n) is 5.70. The van der Waals surface area contributed by atoms with E-state index in [9.17, 15) is 9.90 Å². The Balaban J connectivity index is 1.85. The van der Waals surface area contributed by atoms with Crippen molar-refractivity contribution in [1.29, 1.82) is 0 Å². The molecule has 1 unspecified atom stereocenters. The predicted molar refractivity (Wildman–Crippen MR) is 81.3 cm³/mol. The highest BCUT2D eigenvalue weighted by Crippen LogP contribution is 2.43. The Labute approximate surface area is 123 Å². The second-order valence-electron chi connectivity index (χ2n) is 8.54. The van der Waals surface area contributed by atoms with Crippen LogP contribution in [0.5, 0.6) is 0 Å². The predicted octanol–water partition coefficient (Wildman–Crippen LogP) is 3.26. The summed E-state index contributed by atoms with van der Waals surface area (Å²) in [5, 5.41) is 13.6. The molecular weight excluding hydrogens is 250 g/mol. The number of hydrogen-bond acceptors (Lipinski definition) is 2. The number of aliphatic hydroxyl groups is 1. The van der Waals surface area contributed by atoms with Crippen molar-refractivity contribution < 1.29 is 9.90 Å². The Hall–Kier alpha value is -0.570. The summed E-state index contributed by atoms with van der Waals surface area (Å²) >= 11 is 0. The van der Waals surface area contributed by atoms with Gasteiger partial charge in [0.1, 0.15) is 0 Å². The average Bonchev–Trinajstić information content (AvgIpc) is 2.71. The van der Waals surface area contributed by atoms with Crippen molar-refractivity contribution in [3.05, 3.63) is 0 Å². The Bertz CT molecular complexity index is 363. The van der Waals surface area contributed by atoms with Gasteiger partial charge < -0.3 is 10.4 Å². The van der Waals surface area contributed by atoms with Crippen LogP contribution < -0.4 is 5.32 Å². The van der Waals surface area contributed by atoms with Gasteiger partial charge in [0.25, 0.3) is 0 Å². The van der Waals surface area contributed by atoms with Crippen molar-refractivity contribution >= 4 is 5.91 Å². The topological polar surface area (TPSA) is 49.3 Å². The largest absolute Gasteiger partial charge is 0.388 e. The SMILES string of the molecule is CC1(C)CCC(O)(CNC(=O)C2CCCC2(C)C)CC1. The molecule has 3 heteroatoms. The van der Waals surface area contributed by atoms with Crippen LogP contribution in [0, 0.1) is 16.7 Å². The molecule has 0 heterocycles. The van der Waals surface area contributed by atoms with Crippen LogP contribution in [0.3, 0.4) is 0 Å². The van der Waals surface area contributed by atoms with E-state index in [0.717, 1.165) is 44.9 Å². The molecule has 0 bridgehead atoms. The molecule has 2 N–H and O–H groups in total. The smallest absolute Gasteiger partial charge is 0.223 e. The molecule has 0 spiro atoms. The lowest BCUT2D eigenvalue weighted by atomic mass is 9.71. The lowest BCUT2D eigenvalue weighted by Crippen LogP contribution is -2.48. The first-order valence-corrected chi connectivity index (χ1v) is 8.14. The molecule has 2 aliphatic carbocycles. The number of carbonyl (C=O) groups is 1. The van der Waals surface area contributed by atoms with Crippen LogP contribution in [0.25, 0.3) is 0 Å². The summed E-state index contributed by atoms with van der Waals surface area (Å²) in [5.74, 6) is 0.261. The first kappa shape index (κ1) is 15.8. The molecule has 2 fully saturated rings. The van der Waals surface area contributed by atoms with E-state index in [0.29, 0.717) is 12.0 Å². The highest BCUT2D eigenvalue weighted by atomic mass is 16.3. The molecule has 2 saturated carbocycles. The molecule has 0 aromatic heterocycles. The number of hydrogen-bond donors (Lipinski definition) is 2. The molecule has 116 valence electrons. The maximum Gasteiger partial charge on any atom is 0.223 e. The molecule has 2 rings (SSSR count). The third kappa shape index (κ3) is 3.55. The highest BCUT2D eigenvalue weighted by Gasteiger charge is 2.41. The lowest BCUT2D eigenvalue weighted by molar-refractivity contribution is -0.129. The van der Waals surface area contributed by atoms with Gasteiger partial charge in [0.15, 0.2) is 0 Å². The zero-order valence-electron chi connectivity index (χ0n) is 13.6. The van der Waals surface area contributed by atoms with Gasteiger partial charge in [-0.05, 0) is 49.4 Å². The minimum atomic E-state index is -0.687. The summed E-state index contributed by atoms with van der Waals surface area (Å²) in [4.78, 5) is 12.4. The fraction of sp³-hybridized carbons (Fsp3) is 0.941. The molecule has 0 aromatic carbocycles. The van der Waals surface area contributed by atoms with Gasteiger partial charge in [-0.2, -0.15) is 0 Å². The van der Waals surface area contributed by atoms with Crippen LogP contribution in [0.15, 0.2) is 0 Å². The number of rotatable bonds is 3. The van der Waals surface area contributed by atoms with E-state index in [1.165, 1.54) is 0 Å². The van der Waals surface area contributed by atoms with E-state index in [1.807, 2.05) is 0 Å².